The van der Waals surface area contributed by atoms with E-state index in [0.29, 0.717) is 6.54 Å². The van der Waals surface area contributed by atoms with E-state index in [1.165, 1.54) is 5.56 Å². The molecule has 0 aliphatic heterocycles. The van der Waals surface area contributed by atoms with Crippen LogP contribution in [0.5, 0.6) is 0 Å². The first-order valence-electron chi connectivity index (χ1n) is 3.48. The first-order valence-corrected chi connectivity index (χ1v) is 3.48. The molecule has 0 atom stereocenters. The molecule has 0 heterocycles. The molecule has 3 heteroatoms. The van der Waals surface area contributed by atoms with Gasteiger partial charge in [0.25, 0.3) is 0 Å². The van der Waals surface area contributed by atoms with Gasteiger partial charge in [0.1, 0.15) is 0 Å². The Balaban J connectivity index is 0.00000121. The molecule has 0 unspecified atom stereocenters. The SMILES string of the molecule is [2HH].[N-]=[N+]=NCCc1ccccc1. The lowest BCUT2D eigenvalue weighted by Gasteiger charge is -1.93. The lowest BCUT2D eigenvalue weighted by molar-refractivity contribution is 0.956. The highest BCUT2D eigenvalue weighted by molar-refractivity contribution is 5.14. The van der Waals surface area contributed by atoms with Gasteiger partial charge >= 0.3 is 0 Å². The Hall–Kier alpha value is -1.47. The predicted molar refractivity (Wildman–Crippen MR) is 46.3 cm³/mol. The molecule has 0 aromatic heterocycles. The van der Waals surface area contributed by atoms with Gasteiger partial charge in [0.15, 0.2) is 0 Å². The Morgan fingerprint density at radius 3 is 2.73 bits per heavy atom. The Labute approximate surface area is 66.8 Å². The normalized spacial score (nSPS) is 8.73. The molecule has 0 amide bonds. The van der Waals surface area contributed by atoms with Crippen LogP contribution < -0.4 is 0 Å². The Morgan fingerprint density at radius 1 is 1.36 bits per heavy atom. The van der Waals surface area contributed by atoms with E-state index in [2.05, 4.69) is 10.0 Å². The monoisotopic (exact) mass is 150 g/mol. The second-order valence-electron chi connectivity index (χ2n) is 2.19. The summed E-state index contributed by atoms with van der Waals surface area (Å²) in [5, 5.41) is 3.45. The number of azide groups is 1. The predicted octanol–water partition coefficient (Wildman–Crippen LogP) is 2.79. The van der Waals surface area contributed by atoms with Crippen molar-refractivity contribution in [2.75, 3.05) is 6.54 Å². The van der Waals surface area contributed by atoms with Gasteiger partial charge in [-0.2, -0.15) is 0 Å². The van der Waals surface area contributed by atoms with E-state index < -0.39 is 0 Å². The largest absolute Gasteiger partial charge is 0.0936 e. The van der Waals surface area contributed by atoms with Crippen LogP contribution in [0.4, 0.5) is 0 Å². The van der Waals surface area contributed by atoms with Gasteiger partial charge < -0.3 is 0 Å². The molecule has 0 N–H and O–H groups in total. The van der Waals surface area contributed by atoms with Crippen LogP contribution in [-0.2, 0) is 6.42 Å². The molecular weight excluding hydrogens is 138 g/mol. The molecule has 0 aliphatic rings. The first kappa shape index (κ1) is 7.63. The summed E-state index contributed by atoms with van der Waals surface area (Å²) in [5.41, 5.74) is 9.21. The zero-order valence-corrected chi connectivity index (χ0v) is 6.14. The van der Waals surface area contributed by atoms with Crippen molar-refractivity contribution in [1.82, 2.24) is 0 Å². The fourth-order valence-electron chi connectivity index (χ4n) is 0.868. The number of rotatable bonds is 3. The highest BCUT2D eigenvalue weighted by Crippen LogP contribution is 1.98. The molecule has 0 aliphatic carbocycles. The zero-order valence-electron chi connectivity index (χ0n) is 6.14. The van der Waals surface area contributed by atoms with Crippen molar-refractivity contribution in [3.05, 3.63) is 46.3 Å². The molecule has 1 aromatic carbocycles. The van der Waals surface area contributed by atoms with Crippen LogP contribution in [-0.4, -0.2) is 6.54 Å². The van der Waals surface area contributed by atoms with Crippen LogP contribution in [0, 0.1) is 0 Å². The number of hydrogen-bond donors (Lipinski definition) is 0. The van der Waals surface area contributed by atoms with Crippen LogP contribution in [0.1, 0.15) is 6.99 Å². The van der Waals surface area contributed by atoms with Gasteiger partial charge in [0, 0.05) is 12.9 Å². The summed E-state index contributed by atoms with van der Waals surface area (Å²) < 4.78 is 0. The van der Waals surface area contributed by atoms with Crippen molar-refractivity contribution in [2.45, 2.75) is 6.42 Å². The summed E-state index contributed by atoms with van der Waals surface area (Å²) in [6, 6.07) is 9.97. The van der Waals surface area contributed by atoms with Gasteiger partial charge in [-0.3, -0.25) is 0 Å². The van der Waals surface area contributed by atoms with Gasteiger partial charge in [-0.1, -0.05) is 35.4 Å². The summed E-state index contributed by atoms with van der Waals surface area (Å²) in [6.07, 6.45) is 0.824. The number of hydrogen-bond acceptors (Lipinski definition) is 1. The lowest BCUT2D eigenvalue weighted by Crippen LogP contribution is -1.86. The Kier molecular flexibility index (Phi) is 3.03. The molecule has 0 bridgehead atoms. The number of benzene rings is 1. The quantitative estimate of drug-likeness (QED) is 0.361. The van der Waals surface area contributed by atoms with E-state index in [0.717, 1.165) is 6.42 Å². The average Bonchev–Trinajstić information content (AvgIpc) is 2.07. The molecule has 0 fully saturated rings. The van der Waals surface area contributed by atoms with E-state index in [4.69, 9.17) is 5.53 Å². The maximum Gasteiger partial charge on any atom is 0.0298 e. The third kappa shape index (κ3) is 2.74. The molecular formula is C8H11N3. The van der Waals surface area contributed by atoms with E-state index in [1.807, 2.05) is 30.3 Å². The summed E-state index contributed by atoms with van der Waals surface area (Å²) in [5.74, 6) is 0. The molecule has 3 nitrogen and oxygen atoms in total. The molecule has 1 aromatic rings. The van der Waals surface area contributed by atoms with Crippen molar-refractivity contribution in [1.29, 1.82) is 0 Å². The molecule has 58 valence electrons. The van der Waals surface area contributed by atoms with Crippen molar-refractivity contribution in [3.8, 4) is 0 Å². The second kappa shape index (κ2) is 4.36. The highest BCUT2D eigenvalue weighted by atomic mass is 15.1. The Morgan fingerprint density at radius 2 is 2.09 bits per heavy atom. The van der Waals surface area contributed by atoms with Crippen LogP contribution in [0.25, 0.3) is 10.4 Å². The lowest BCUT2D eigenvalue weighted by atomic mass is 10.2. The molecule has 0 spiro atoms. The topological polar surface area (TPSA) is 48.8 Å². The minimum Gasteiger partial charge on any atom is -0.0936 e. The fourth-order valence-corrected chi connectivity index (χ4v) is 0.868. The average molecular weight is 150 g/mol. The van der Waals surface area contributed by atoms with E-state index in [9.17, 15) is 0 Å². The van der Waals surface area contributed by atoms with E-state index in [1.54, 1.807) is 0 Å². The molecule has 0 saturated heterocycles. The second-order valence-corrected chi connectivity index (χ2v) is 2.19. The van der Waals surface area contributed by atoms with Crippen molar-refractivity contribution in [2.24, 2.45) is 5.11 Å². The summed E-state index contributed by atoms with van der Waals surface area (Å²) in [7, 11) is 0. The standard InChI is InChI=1S/C8H9N3.H2/c9-11-10-7-6-8-4-2-1-3-5-8;/h1-5H,6-7H2;1H/i;1+1. The van der Waals surface area contributed by atoms with Crippen molar-refractivity contribution < 1.29 is 1.43 Å². The summed E-state index contributed by atoms with van der Waals surface area (Å²) in [6.45, 7) is 0.542. The third-order valence-electron chi connectivity index (χ3n) is 1.41. The van der Waals surface area contributed by atoms with Crippen molar-refractivity contribution in [3.63, 3.8) is 0 Å². The van der Waals surface area contributed by atoms with Crippen LogP contribution >= 0.6 is 0 Å². The minimum absolute atomic E-state index is 0. The highest BCUT2D eigenvalue weighted by Gasteiger charge is 1.87. The molecule has 1 rings (SSSR count). The van der Waals surface area contributed by atoms with E-state index >= 15 is 0 Å². The number of nitrogens with zero attached hydrogens (tertiary/aromatic N) is 3. The van der Waals surface area contributed by atoms with Crippen LogP contribution in [0.15, 0.2) is 35.4 Å². The third-order valence-corrected chi connectivity index (χ3v) is 1.41. The summed E-state index contributed by atoms with van der Waals surface area (Å²) >= 11 is 0. The van der Waals surface area contributed by atoms with Crippen LogP contribution in [0.2, 0.25) is 0 Å². The molecule has 0 saturated carbocycles. The van der Waals surface area contributed by atoms with Crippen LogP contribution in [0.3, 0.4) is 0 Å². The smallest absolute Gasteiger partial charge is 0.0298 e. The van der Waals surface area contributed by atoms with Crippen molar-refractivity contribution >= 4 is 0 Å². The molecule has 11 heavy (non-hydrogen) atoms. The molecule has 0 radical (unpaired) electrons. The summed E-state index contributed by atoms with van der Waals surface area (Å²) in [4.78, 5) is 2.68. The van der Waals surface area contributed by atoms with Gasteiger partial charge in [0.2, 0.25) is 0 Å². The maximum absolute atomic E-state index is 8.00. The fraction of sp³-hybridized carbons (Fsp3) is 0.250. The maximum atomic E-state index is 8.00. The van der Waals surface area contributed by atoms with Gasteiger partial charge in [-0.05, 0) is 17.5 Å². The van der Waals surface area contributed by atoms with Gasteiger partial charge in [0.05, 0.1) is 0 Å². The van der Waals surface area contributed by atoms with E-state index in [-0.39, 0.29) is 1.43 Å². The zero-order chi connectivity index (χ0) is 7.94. The van der Waals surface area contributed by atoms with Gasteiger partial charge in [-0.25, -0.2) is 0 Å². The van der Waals surface area contributed by atoms with Gasteiger partial charge in [-0.15, -0.1) is 0 Å². The minimum atomic E-state index is 0. The first-order chi connectivity index (χ1) is 5.43. The Bertz CT molecular complexity index is 254.